The van der Waals surface area contributed by atoms with Crippen LogP contribution >= 0.6 is 11.6 Å². The Bertz CT molecular complexity index is 1630. The number of nitriles is 1. The van der Waals surface area contributed by atoms with Gasteiger partial charge in [0.25, 0.3) is 0 Å². The second kappa shape index (κ2) is 10.5. The molecule has 0 bridgehead atoms. The number of hydrogen-bond donors (Lipinski definition) is 1. The Labute approximate surface area is 239 Å². The van der Waals surface area contributed by atoms with Gasteiger partial charge in [0.05, 0.1) is 28.3 Å². The van der Waals surface area contributed by atoms with E-state index in [-0.39, 0.29) is 29.2 Å². The summed E-state index contributed by atoms with van der Waals surface area (Å²) in [6.45, 7) is 8.29. The average molecular weight is 556 g/mol. The van der Waals surface area contributed by atoms with Crippen LogP contribution in [0.15, 0.2) is 83.3 Å². The number of rotatable bonds is 5. The Morgan fingerprint density at radius 3 is 2.58 bits per heavy atom. The molecule has 204 valence electrons. The zero-order valence-electron chi connectivity index (χ0n) is 23.0. The van der Waals surface area contributed by atoms with Crippen molar-refractivity contribution < 1.29 is 13.9 Å². The van der Waals surface area contributed by atoms with Gasteiger partial charge in [-0.1, -0.05) is 61.3 Å². The minimum absolute atomic E-state index is 0.0346. The summed E-state index contributed by atoms with van der Waals surface area (Å²) in [7, 11) is 0. The molecule has 1 aliphatic heterocycles. The predicted octanol–water partition coefficient (Wildman–Crippen LogP) is 7.62. The average Bonchev–Trinajstić information content (AvgIpc) is 2.88. The van der Waals surface area contributed by atoms with Crippen LogP contribution in [-0.2, 0) is 11.4 Å². The first-order chi connectivity index (χ1) is 19.0. The number of nitrogens with zero attached hydrogens (tertiary/aromatic N) is 2. The third-order valence-corrected chi connectivity index (χ3v) is 7.99. The largest absolute Gasteiger partial charge is 0.487 e. The first-order valence-corrected chi connectivity index (χ1v) is 13.6. The highest BCUT2D eigenvalue weighted by Crippen LogP contribution is 2.51. The van der Waals surface area contributed by atoms with Gasteiger partial charge in [-0.3, -0.25) is 9.69 Å². The highest BCUT2D eigenvalue weighted by molar-refractivity contribution is 6.32. The van der Waals surface area contributed by atoms with E-state index in [1.807, 2.05) is 58.0 Å². The van der Waals surface area contributed by atoms with Gasteiger partial charge in [-0.25, -0.2) is 4.39 Å². The van der Waals surface area contributed by atoms with Gasteiger partial charge in [-0.2, -0.15) is 5.26 Å². The summed E-state index contributed by atoms with van der Waals surface area (Å²) in [5, 5.41) is 11.0. The number of nitrogens with two attached hydrogens (primary N) is 1. The van der Waals surface area contributed by atoms with Crippen molar-refractivity contribution in [1.29, 1.82) is 5.26 Å². The summed E-state index contributed by atoms with van der Waals surface area (Å²) in [5.41, 5.74) is 12.0. The number of anilines is 1. The summed E-state index contributed by atoms with van der Waals surface area (Å²) in [6, 6.07) is 19.7. The van der Waals surface area contributed by atoms with E-state index in [1.54, 1.807) is 23.1 Å². The minimum atomic E-state index is -0.646. The molecule has 5 rings (SSSR count). The van der Waals surface area contributed by atoms with Crippen LogP contribution in [0.1, 0.15) is 54.9 Å². The molecule has 0 fully saturated rings. The maximum absolute atomic E-state index is 14.3. The number of ether oxygens (including phenoxy) is 1. The van der Waals surface area contributed by atoms with Crippen LogP contribution in [0.4, 0.5) is 10.1 Å². The lowest BCUT2D eigenvalue weighted by molar-refractivity contribution is -0.118. The van der Waals surface area contributed by atoms with Crippen molar-refractivity contribution >= 4 is 23.1 Å². The molecule has 1 unspecified atom stereocenters. The van der Waals surface area contributed by atoms with E-state index in [4.69, 9.17) is 22.1 Å². The number of allylic oxidation sites excluding steroid dienone is 3. The molecule has 2 aliphatic rings. The van der Waals surface area contributed by atoms with E-state index >= 15 is 0 Å². The van der Waals surface area contributed by atoms with E-state index in [9.17, 15) is 14.4 Å². The maximum atomic E-state index is 14.3. The van der Waals surface area contributed by atoms with Crippen molar-refractivity contribution in [3.8, 4) is 11.8 Å². The highest BCUT2D eigenvalue weighted by Gasteiger charge is 2.45. The van der Waals surface area contributed by atoms with Gasteiger partial charge in [0.15, 0.2) is 5.78 Å². The lowest BCUT2D eigenvalue weighted by atomic mass is 9.68. The number of carbonyl (C=O) groups excluding carboxylic acids is 1. The standard InChI is InChI=1S/C33H31ClFN3O2/c1-19-12-21(18-40-29-11-6-5-10-26(29)34)20(2)24(13-19)30-25(17-36)32(37)38(23-9-7-8-22(35)14-23)27-15-33(3,4)16-28(39)31(27)30/h5-14,30H,15-16,18,37H2,1-4H3. The van der Waals surface area contributed by atoms with Crippen LogP contribution in [0.2, 0.25) is 5.02 Å². The van der Waals surface area contributed by atoms with Crippen LogP contribution in [0.25, 0.3) is 0 Å². The molecular formula is C33H31ClFN3O2. The van der Waals surface area contributed by atoms with Crippen molar-refractivity contribution in [1.82, 2.24) is 0 Å². The topological polar surface area (TPSA) is 79.3 Å². The van der Waals surface area contributed by atoms with Crippen LogP contribution in [0, 0.1) is 36.4 Å². The molecule has 0 amide bonds. The number of halogens is 2. The molecular weight excluding hydrogens is 525 g/mol. The van der Waals surface area contributed by atoms with Gasteiger partial charge in [0, 0.05) is 17.7 Å². The SMILES string of the molecule is Cc1cc(COc2ccccc2Cl)c(C)c(C2C(C#N)=C(N)N(c3cccc(F)c3)C3=C2C(=O)CC(C)(C)C3)c1. The molecule has 5 nitrogen and oxygen atoms in total. The van der Waals surface area contributed by atoms with E-state index in [0.717, 1.165) is 22.3 Å². The van der Waals surface area contributed by atoms with Crippen LogP contribution < -0.4 is 15.4 Å². The van der Waals surface area contributed by atoms with Gasteiger partial charge in [0.2, 0.25) is 0 Å². The number of hydrogen-bond acceptors (Lipinski definition) is 5. The number of benzene rings is 3. The lowest BCUT2D eigenvalue weighted by Crippen LogP contribution is -2.42. The normalized spacial score (nSPS) is 18.5. The fourth-order valence-corrected chi connectivity index (χ4v) is 6.05. The molecule has 0 radical (unpaired) electrons. The number of Topliss-reactive ketones (excluding diaryl/α,β-unsaturated/α-hetero) is 1. The number of carbonyl (C=O) groups is 1. The van der Waals surface area contributed by atoms with Crippen LogP contribution in [0.5, 0.6) is 5.75 Å². The second-order valence-electron chi connectivity index (χ2n) is 11.3. The molecule has 0 saturated carbocycles. The van der Waals surface area contributed by atoms with Gasteiger partial charge >= 0.3 is 0 Å². The number of ketones is 1. The second-order valence-corrected chi connectivity index (χ2v) is 11.7. The van der Waals surface area contributed by atoms with E-state index in [1.165, 1.54) is 12.1 Å². The molecule has 0 spiro atoms. The van der Waals surface area contributed by atoms with E-state index in [0.29, 0.717) is 40.6 Å². The summed E-state index contributed by atoms with van der Waals surface area (Å²) in [4.78, 5) is 15.6. The molecule has 1 aliphatic carbocycles. The number of aryl methyl sites for hydroxylation is 1. The number of para-hydroxylation sites is 1. The van der Waals surface area contributed by atoms with Gasteiger partial charge in [-0.05, 0) is 72.7 Å². The Morgan fingerprint density at radius 1 is 1.12 bits per heavy atom. The third kappa shape index (κ3) is 4.98. The monoisotopic (exact) mass is 555 g/mol. The lowest BCUT2D eigenvalue weighted by Gasteiger charge is -2.44. The molecule has 1 heterocycles. The molecule has 7 heteroatoms. The Morgan fingerprint density at radius 2 is 1.88 bits per heavy atom. The summed E-state index contributed by atoms with van der Waals surface area (Å²) in [5.74, 6) is -0.323. The van der Waals surface area contributed by atoms with Gasteiger partial charge in [0.1, 0.15) is 24.0 Å². The van der Waals surface area contributed by atoms with Crippen molar-refractivity contribution in [2.45, 2.75) is 53.1 Å². The fraction of sp³-hybridized carbons (Fsp3) is 0.273. The quantitative estimate of drug-likeness (QED) is 0.350. The molecule has 0 aromatic heterocycles. The van der Waals surface area contributed by atoms with Gasteiger partial charge in [-0.15, -0.1) is 0 Å². The van der Waals surface area contributed by atoms with Crippen molar-refractivity contribution in [2.24, 2.45) is 11.1 Å². The van der Waals surface area contributed by atoms with Crippen molar-refractivity contribution in [3.63, 3.8) is 0 Å². The summed E-state index contributed by atoms with van der Waals surface area (Å²) < 4.78 is 20.4. The third-order valence-electron chi connectivity index (χ3n) is 7.68. The van der Waals surface area contributed by atoms with E-state index in [2.05, 4.69) is 6.07 Å². The molecule has 2 N–H and O–H groups in total. The molecule has 40 heavy (non-hydrogen) atoms. The Kier molecular flexibility index (Phi) is 7.20. The molecule has 3 aromatic carbocycles. The smallest absolute Gasteiger partial charge is 0.162 e. The Hall–Kier alpha value is -4.08. The molecule has 3 aromatic rings. The Balaban J connectivity index is 1.68. The summed E-state index contributed by atoms with van der Waals surface area (Å²) in [6.07, 6.45) is 0.888. The molecule has 1 atom stereocenters. The minimum Gasteiger partial charge on any atom is -0.487 e. The van der Waals surface area contributed by atoms with Crippen molar-refractivity contribution in [3.05, 3.63) is 116 Å². The first-order valence-electron chi connectivity index (χ1n) is 13.2. The maximum Gasteiger partial charge on any atom is 0.162 e. The zero-order chi connectivity index (χ0) is 28.8. The van der Waals surface area contributed by atoms with Crippen molar-refractivity contribution in [2.75, 3.05) is 4.90 Å². The molecule has 0 saturated heterocycles. The van der Waals surface area contributed by atoms with Crippen LogP contribution in [-0.4, -0.2) is 5.78 Å². The predicted molar refractivity (Wildman–Crippen MR) is 155 cm³/mol. The highest BCUT2D eigenvalue weighted by atomic mass is 35.5. The van der Waals surface area contributed by atoms with E-state index < -0.39 is 11.7 Å². The summed E-state index contributed by atoms with van der Waals surface area (Å²) >= 11 is 6.31. The van der Waals surface area contributed by atoms with Gasteiger partial charge < -0.3 is 10.5 Å². The van der Waals surface area contributed by atoms with Crippen LogP contribution in [0.3, 0.4) is 0 Å². The fourth-order valence-electron chi connectivity index (χ4n) is 5.86. The zero-order valence-corrected chi connectivity index (χ0v) is 23.8. The first kappa shape index (κ1) is 27.5.